The molecule has 0 atom stereocenters. The molecule has 2 aromatic carbocycles. The fourth-order valence-electron chi connectivity index (χ4n) is 4.18. The zero-order valence-electron chi connectivity index (χ0n) is 19.4. The Hall–Kier alpha value is -3.77. The summed E-state index contributed by atoms with van der Waals surface area (Å²) in [5, 5.41) is 16.6. The van der Waals surface area contributed by atoms with Gasteiger partial charge in [0.2, 0.25) is 0 Å². The first kappa shape index (κ1) is 22.0. The SMILES string of the molecule is COc1ccc(CNc2ccc3c(c2)=C(O)c2cc(-c4ccc(C)s4)cnc2CC=3)c(OC)c1. The number of nitrogens with zero attached hydrogens (tertiary/aromatic N) is 1. The Bertz CT molecular complexity index is 1490. The molecule has 5 rings (SSSR count). The predicted octanol–water partition coefficient (Wildman–Crippen LogP) is 4.80. The second-order valence-electron chi connectivity index (χ2n) is 8.22. The highest BCUT2D eigenvalue weighted by Gasteiger charge is 2.15. The van der Waals surface area contributed by atoms with Gasteiger partial charge < -0.3 is 19.9 Å². The van der Waals surface area contributed by atoms with Gasteiger partial charge in [-0.25, -0.2) is 0 Å². The normalized spacial score (nSPS) is 12.3. The minimum Gasteiger partial charge on any atom is -0.507 e. The number of aliphatic hydroxyl groups excluding tert-OH is 1. The molecule has 4 aromatic rings. The van der Waals surface area contributed by atoms with E-state index in [0.29, 0.717) is 13.0 Å². The zero-order chi connectivity index (χ0) is 23.7. The van der Waals surface area contributed by atoms with Crippen molar-refractivity contribution in [1.82, 2.24) is 4.98 Å². The Labute approximate surface area is 202 Å². The Morgan fingerprint density at radius 3 is 2.68 bits per heavy atom. The number of methoxy groups -OCH3 is 2. The summed E-state index contributed by atoms with van der Waals surface area (Å²) in [4.78, 5) is 7.09. The molecule has 0 amide bonds. The first-order valence-corrected chi connectivity index (χ1v) is 11.9. The van der Waals surface area contributed by atoms with E-state index in [9.17, 15) is 5.11 Å². The monoisotopic (exact) mass is 470 g/mol. The van der Waals surface area contributed by atoms with Crippen LogP contribution in [0.3, 0.4) is 0 Å². The van der Waals surface area contributed by atoms with E-state index in [1.165, 1.54) is 4.88 Å². The van der Waals surface area contributed by atoms with Crippen LogP contribution in [-0.2, 0) is 13.0 Å². The molecule has 5 nitrogen and oxygen atoms in total. The Morgan fingerprint density at radius 1 is 1.03 bits per heavy atom. The lowest BCUT2D eigenvalue weighted by molar-refractivity contribution is 0.391. The molecule has 6 heteroatoms. The maximum absolute atomic E-state index is 11.3. The van der Waals surface area contributed by atoms with Gasteiger partial charge in [0.05, 0.1) is 19.9 Å². The smallest absolute Gasteiger partial charge is 0.132 e. The summed E-state index contributed by atoms with van der Waals surface area (Å²) in [6.45, 7) is 2.67. The largest absolute Gasteiger partial charge is 0.507 e. The molecular formula is C28H26N2O3S. The van der Waals surface area contributed by atoms with Gasteiger partial charge >= 0.3 is 0 Å². The van der Waals surface area contributed by atoms with Gasteiger partial charge in [-0.2, -0.15) is 0 Å². The number of benzene rings is 2. The van der Waals surface area contributed by atoms with Crippen LogP contribution >= 0.6 is 11.3 Å². The van der Waals surface area contributed by atoms with E-state index in [1.54, 1.807) is 25.6 Å². The van der Waals surface area contributed by atoms with Gasteiger partial charge in [-0.3, -0.25) is 4.98 Å². The van der Waals surface area contributed by atoms with Gasteiger partial charge in [0.25, 0.3) is 0 Å². The van der Waals surface area contributed by atoms with E-state index in [1.807, 2.05) is 48.7 Å². The summed E-state index contributed by atoms with van der Waals surface area (Å²) in [5.41, 5.74) is 4.62. The van der Waals surface area contributed by atoms with E-state index < -0.39 is 0 Å². The number of thiophene rings is 1. The van der Waals surface area contributed by atoms with Crippen molar-refractivity contribution in [2.75, 3.05) is 19.5 Å². The average Bonchev–Trinajstić information content (AvgIpc) is 3.26. The van der Waals surface area contributed by atoms with Gasteiger partial charge in [-0.15, -0.1) is 11.3 Å². The molecule has 0 unspecified atom stereocenters. The van der Waals surface area contributed by atoms with E-state index in [2.05, 4.69) is 35.4 Å². The number of ether oxygens (including phenoxy) is 2. The molecule has 1 aliphatic carbocycles. The highest BCUT2D eigenvalue weighted by atomic mass is 32.1. The van der Waals surface area contributed by atoms with Crippen molar-refractivity contribution in [3.8, 4) is 21.9 Å². The molecule has 0 saturated carbocycles. The maximum atomic E-state index is 11.3. The zero-order valence-corrected chi connectivity index (χ0v) is 20.2. The van der Waals surface area contributed by atoms with Crippen molar-refractivity contribution < 1.29 is 14.6 Å². The lowest BCUT2D eigenvalue weighted by Crippen LogP contribution is -2.27. The number of nitrogens with one attached hydrogen (secondary N) is 1. The summed E-state index contributed by atoms with van der Waals surface area (Å²) in [7, 11) is 3.29. The van der Waals surface area contributed by atoms with Crippen molar-refractivity contribution >= 4 is 28.9 Å². The summed E-state index contributed by atoms with van der Waals surface area (Å²) >= 11 is 1.73. The maximum Gasteiger partial charge on any atom is 0.132 e. The second kappa shape index (κ2) is 9.23. The number of hydrogen-bond acceptors (Lipinski definition) is 6. The number of hydrogen-bond donors (Lipinski definition) is 2. The number of rotatable bonds is 6. The molecule has 0 fully saturated rings. The van der Waals surface area contributed by atoms with Crippen molar-refractivity contribution in [2.24, 2.45) is 0 Å². The van der Waals surface area contributed by atoms with Gasteiger partial charge in [0.15, 0.2) is 0 Å². The van der Waals surface area contributed by atoms with E-state index in [-0.39, 0.29) is 5.76 Å². The Morgan fingerprint density at radius 2 is 1.91 bits per heavy atom. The fraction of sp³-hybridized carbons (Fsp3) is 0.179. The Balaban J connectivity index is 1.49. The molecule has 2 heterocycles. The number of aryl methyl sites for hydroxylation is 1. The van der Waals surface area contributed by atoms with Crippen molar-refractivity contribution in [3.05, 3.63) is 92.9 Å². The quantitative estimate of drug-likeness (QED) is 0.424. The topological polar surface area (TPSA) is 63.6 Å². The van der Waals surface area contributed by atoms with Crippen molar-refractivity contribution in [1.29, 1.82) is 0 Å². The molecule has 0 bridgehead atoms. The fourth-order valence-corrected chi connectivity index (χ4v) is 5.03. The number of anilines is 1. The summed E-state index contributed by atoms with van der Waals surface area (Å²) in [6.07, 6.45) is 4.69. The van der Waals surface area contributed by atoms with E-state index in [0.717, 1.165) is 54.9 Å². The molecule has 0 saturated heterocycles. The van der Waals surface area contributed by atoms with Crippen molar-refractivity contribution in [3.63, 3.8) is 0 Å². The second-order valence-corrected chi connectivity index (χ2v) is 9.51. The third kappa shape index (κ3) is 4.24. The van der Waals surface area contributed by atoms with Gasteiger partial charge in [0.1, 0.15) is 17.3 Å². The summed E-state index contributed by atoms with van der Waals surface area (Å²) < 4.78 is 10.8. The van der Waals surface area contributed by atoms with E-state index in [4.69, 9.17) is 9.47 Å². The highest BCUT2D eigenvalue weighted by Crippen LogP contribution is 2.30. The van der Waals surface area contributed by atoms with Crippen LogP contribution in [0.25, 0.3) is 22.3 Å². The van der Waals surface area contributed by atoms with Crippen LogP contribution in [0, 0.1) is 6.92 Å². The van der Waals surface area contributed by atoms with Crippen LogP contribution in [0.4, 0.5) is 5.69 Å². The molecule has 0 radical (unpaired) electrons. The molecule has 172 valence electrons. The van der Waals surface area contributed by atoms with Crippen LogP contribution in [0.1, 0.15) is 21.7 Å². The standard InChI is InChI=1S/C28H26N2O3S/c1-17-4-11-27(34-17)20-12-24-25(30-16-20)10-7-18-5-8-21(13-23(18)28(24)31)29-15-19-6-9-22(32-2)14-26(19)33-3/h4-9,11-14,16,29,31H,10,15H2,1-3H3. The minimum atomic E-state index is 0.257. The van der Waals surface area contributed by atoms with Crippen LogP contribution < -0.4 is 25.2 Å². The van der Waals surface area contributed by atoms with E-state index >= 15 is 0 Å². The van der Waals surface area contributed by atoms with Crippen LogP contribution in [-0.4, -0.2) is 24.3 Å². The number of aromatic nitrogens is 1. The highest BCUT2D eigenvalue weighted by molar-refractivity contribution is 7.15. The third-order valence-electron chi connectivity index (χ3n) is 6.05. The van der Waals surface area contributed by atoms with Gasteiger partial charge in [0, 0.05) is 62.6 Å². The average molecular weight is 471 g/mol. The lowest BCUT2D eigenvalue weighted by atomic mass is 10.1. The number of aliphatic hydroxyl groups is 1. The first-order valence-electron chi connectivity index (χ1n) is 11.1. The molecule has 0 spiro atoms. The molecular weight excluding hydrogens is 444 g/mol. The molecule has 1 aliphatic rings. The summed E-state index contributed by atoms with van der Waals surface area (Å²) in [5.74, 6) is 1.78. The lowest BCUT2D eigenvalue weighted by Gasteiger charge is -2.12. The first-order chi connectivity index (χ1) is 16.6. The van der Waals surface area contributed by atoms with Gasteiger partial charge in [-0.05, 0) is 54.6 Å². The predicted molar refractivity (Wildman–Crippen MR) is 138 cm³/mol. The van der Waals surface area contributed by atoms with Gasteiger partial charge in [-0.1, -0.05) is 12.1 Å². The molecule has 0 aliphatic heterocycles. The van der Waals surface area contributed by atoms with Crippen LogP contribution in [0.5, 0.6) is 11.5 Å². The summed E-state index contributed by atoms with van der Waals surface area (Å²) in [6, 6.07) is 18.1. The third-order valence-corrected chi connectivity index (χ3v) is 7.10. The van der Waals surface area contributed by atoms with Crippen LogP contribution in [0.15, 0.2) is 60.8 Å². The van der Waals surface area contributed by atoms with Crippen LogP contribution in [0.2, 0.25) is 0 Å². The molecule has 2 N–H and O–H groups in total. The Kier molecular flexibility index (Phi) is 5.99. The number of fused-ring (bicyclic) bond motifs is 2. The molecule has 34 heavy (non-hydrogen) atoms. The van der Waals surface area contributed by atoms with Crippen molar-refractivity contribution in [2.45, 2.75) is 19.9 Å². The number of pyridine rings is 1. The minimum absolute atomic E-state index is 0.257. The molecule has 2 aromatic heterocycles.